The van der Waals surface area contributed by atoms with Crippen molar-refractivity contribution < 1.29 is 9.18 Å². The highest BCUT2D eigenvalue weighted by Gasteiger charge is 2.22. The maximum atomic E-state index is 14.2. The molecule has 0 aromatic heterocycles. The van der Waals surface area contributed by atoms with Gasteiger partial charge in [0.25, 0.3) is 5.56 Å². The molecule has 0 saturated heterocycles. The van der Waals surface area contributed by atoms with Crippen molar-refractivity contribution in [3.63, 3.8) is 0 Å². The first kappa shape index (κ1) is 21.6. The van der Waals surface area contributed by atoms with E-state index in [1.807, 2.05) is 66.9 Å². The highest BCUT2D eigenvalue weighted by Crippen LogP contribution is 2.29. The first-order valence-electron chi connectivity index (χ1n) is 11.0. The van der Waals surface area contributed by atoms with Crippen molar-refractivity contribution in [2.24, 2.45) is 0 Å². The molecular formula is C27H23FN4O2. The van der Waals surface area contributed by atoms with E-state index in [1.54, 1.807) is 12.3 Å². The summed E-state index contributed by atoms with van der Waals surface area (Å²) in [4.78, 5) is 26.0. The number of anilines is 1. The minimum Gasteiger partial charge on any atom is -0.342 e. The molecule has 7 heteroatoms. The lowest BCUT2D eigenvalue weighted by Crippen LogP contribution is -2.26. The minimum absolute atomic E-state index is 0.239. The minimum atomic E-state index is -0.416. The van der Waals surface area contributed by atoms with Gasteiger partial charge in [-0.25, -0.2) is 9.07 Å². The zero-order valence-corrected chi connectivity index (χ0v) is 18.9. The third kappa shape index (κ3) is 3.96. The van der Waals surface area contributed by atoms with Gasteiger partial charge in [0.15, 0.2) is 0 Å². The van der Waals surface area contributed by atoms with Crippen molar-refractivity contribution in [2.75, 3.05) is 5.32 Å². The summed E-state index contributed by atoms with van der Waals surface area (Å²) in [5.74, 6) is -0.768. The molecule has 34 heavy (non-hydrogen) atoms. The van der Waals surface area contributed by atoms with Crippen LogP contribution in [0.25, 0.3) is 22.2 Å². The summed E-state index contributed by atoms with van der Waals surface area (Å²) < 4.78 is 17.2. The molecule has 1 amide bonds. The van der Waals surface area contributed by atoms with E-state index < -0.39 is 5.82 Å². The summed E-state index contributed by atoms with van der Waals surface area (Å²) in [5.41, 5.74) is 4.73. The second-order valence-electron chi connectivity index (χ2n) is 8.44. The smallest absolute Gasteiger partial charge is 0.278 e. The molecule has 0 unspecified atom stereocenters. The Morgan fingerprint density at radius 2 is 1.74 bits per heavy atom. The maximum absolute atomic E-state index is 14.2. The molecule has 5 rings (SSSR count). The largest absolute Gasteiger partial charge is 0.342 e. The van der Waals surface area contributed by atoms with Gasteiger partial charge in [-0.1, -0.05) is 48.5 Å². The normalized spacial score (nSPS) is 11.3. The number of benzene rings is 3. The molecular weight excluding hydrogens is 431 g/mol. The Kier molecular flexibility index (Phi) is 5.45. The number of carbonyl (C=O) groups excluding carboxylic acids is 1. The molecule has 0 atom stereocenters. The number of aryl methyl sites for hydroxylation is 2. The van der Waals surface area contributed by atoms with Gasteiger partial charge in [-0.05, 0) is 48.7 Å². The van der Waals surface area contributed by atoms with Gasteiger partial charge >= 0.3 is 0 Å². The predicted octanol–water partition coefficient (Wildman–Crippen LogP) is 4.75. The average molecular weight is 455 g/mol. The molecule has 3 aromatic carbocycles. The van der Waals surface area contributed by atoms with Crippen LogP contribution in [0.2, 0.25) is 0 Å². The molecule has 6 nitrogen and oxygen atoms in total. The third-order valence-corrected chi connectivity index (χ3v) is 5.98. The van der Waals surface area contributed by atoms with E-state index in [-0.39, 0.29) is 18.0 Å². The molecule has 0 fully saturated rings. The van der Waals surface area contributed by atoms with Crippen LogP contribution in [0.4, 0.5) is 10.1 Å². The Balaban J connectivity index is 1.56. The Morgan fingerprint density at radius 3 is 2.47 bits per heavy atom. The van der Waals surface area contributed by atoms with Crippen molar-refractivity contribution in [1.29, 1.82) is 0 Å². The molecule has 2 heterocycles. The van der Waals surface area contributed by atoms with E-state index in [2.05, 4.69) is 10.4 Å². The summed E-state index contributed by atoms with van der Waals surface area (Å²) in [7, 11) is 0. The van der Waals surface area contributed by atoms with E-state index in [0.29, 0.717) is 23.2 Å². The van der Waals surface area contributed by atoms with Gasteiger partial charge in [-0.15, -0.1) is 0 Å². The van der Waals surface area contributed by atoms with Gasteiger partial charge in [0.1, 0.15) is 18.1 Å². The van der Waals surface area contributed by atoms with Crippen molar-refractivity contribution in [3.8, 4) is 11.3 Å². The van der Waals surface area contributed by atoms with Gasteiger partial charge in [0, 0.05) is 23.8 Å². The molecule has 1 N–H and O–H groups in total. The molecule has 0 spiro atoms. The molecule has 0 aliphatic carbocycles. The van der Waals surface area contributed by atoms with E-state index in [1.165, 1.54) is 12.1 Å². The van der Waals surface area contributed by atoms with Gasteiger partial charge < -0.3 is 9.88 Å². The van der Waals surface area contributed by atoms with Crippen molar-refractivity contribution in [2.45, 2.75) is 26.9 Å². The Hall–Kier alpha value is -4.26. The first-order chi connectivity index (χ1) is 16.4. The first-order valence-corrected chi connectivity index (χ1v) is 11.0. The van der Waals surface area contributed by atoms with Crippen molar-refractivity contribution in [3.05, 3.63) is 106 Å². The number of nitrogens with zero attached hydrogens (tertiary/aromatic N) is 3. The number of nitrogens with one attached hydrogen (secondary N) is 1. The van der Waals surface area contributed by atoms with Crippen LogP contribution in [0.15, 0.2) is 77.7 Å². The van der Waals surface area contributed by atoms with Gasteiger partial charge in [0.2, 0.25) is 5.91 Å². The SMILES string of the molecule is Cc1cccc(C)c1NC(=O)Cn1nc2c3cc(F)ccc3n(Cc3ccccc3)cc-2c1=O. The number of fused-ring (bicyclic) bond motifs is 3. The number of pyridine rings is 1. The molecule has 0 radical (unpaired) electrons. The van der Waals surface area contributed by atoms with Gasteiger partial charge in [-0.2, -0.15) is 5.10 Å². The molecule has 0 saturated carbocycles. The molecule has 170 valence electrons. The average Bonchev–Trinajstić information content (AvgIpc) is 3.12. The monoisotopic (exact) mass is 454 g/mol. The predicted molar refractivity (Wildman–Crippen MR) is 131 cm³/mol. The number of hydrogen-bond donors (Lipinski definition) is 1. The lowest BCUT2D eigenvalue weighted by molar-refractivity contribution is -0.117. The highest BCUT2D eigenvalue weighted by atomic mass is 19.1. The van der Waals surface area contributed by atoms with Crippen LogP contribution in [0.1, 0.15) is 16.7 Å². The van der Waals surface area contributed by atoms with Crippen LogP contribution in [0.5, 0.6) is 0 Å². The quantitative estimate of drug-likeness (QED) is 0.417. The standard InChI is InChI=1S/C27H23FN4O2/c1-17-7-6-8-18(2)25(17)29-24(33)16-32-27(34)22-15-31(14-19-9-4-3-5-10-19)23-12-11-20(28)13-21(23)26(22)30-32/h3-13,15H,14,16H2,1-2H3,(H,29,33). The summed E-state index contributed by atoms with van der Waals surface area (Å²) in [6, 6.07) is 20.0. The van der Waals surface area contributed by atoms with Crippen molar-refractivity contribution >= 4 is 22.5 Å². The number of rotatable bonds is 5. The molecule has 2 aliphatic heterocycles. The van der Waals surface area contributed by atoms with E-state index in [9.17, 15) is 14.0 Å². The fourth-order valence-electron chi connectivity index (χ4n) is 4.29. The fourth-order valence-corrected chi connectivity index (χ4v) is 4.29. The number of halogens is 1. The summed E-state index contributed by atoms with van der Waals surface area (Å²) in [6.07, 6.45) is 1.73. The van der Waals surface area contributed by atoms with Crippen LogP contribution in [0.3, 0.4) is 0 Å². The van der Waals surface area contributed by atoms with Crippen molar-refractivity contribution in [1.82, 2.24) is 14.3 Å². The molecule has 0 bridgehead atoms. The lowest BCUT2D eigenvalue weighted by Gasteiger charge is -2.14. The number of amides is 1. The number of para-hydroxylation sites is 1. The summed E-state index contributed by atoms with van der Waals surface area (Å²) in [6.45, 7) is 4.10. The number of aromatic nitrogens is 3. The molecule has 3 aromatic rings. The van der Waals surface area contributed by atoms with E-state index in [0.717, 1.165) is 32.6 Å². The second-order valence-corrected chi connectivity index (χ2v) is 8.44. The Bertz CT molecular complexity index is 1530. The second kappa shape index (κ2) is 8.59. The van der Waals surface area contributed by atoms with Gasteiger partial charge in [0.05, 0.1) is 11.1 Å². The van der Waals surface area contributed by atoms with Crippen LogP contribution < -0.4 is 10.9 Å². The lowest BCUT2D eigenvalue weighted by atomic mass is 10.1. The number of carbonyl (C=O) groups is 1. The summed E-state index contributed by atoms with van der Waals surface area (Å²) >= 11 is 0. The van der Waals surface area contributed by atoms with Gasteiger partial charge in [-0.3, -0.25) is 9.59 Å². The Morgan fingerprint density at radius 1 is 1.00 bits per heavy atom. The van der Waals surface area contributed by atoms with Crippen LogP contribution >= 0.6 is 0 Å². The van der Waals surface area contributed by atoms with Crippen LogP contribution in [-0.2, 0) is 17.9 Å². The Labute approximate surface area is 195 Å². The fraction of sp³-hybridized carbons (Fsp3) is 0.148. The van der Waals surface area contributed by atoms with E-state index >= 15 is 0 Å². The van der Waals surface area contributed by atoms with Crippen LogP contribution in [-0.4, -0.2) is 20.3 Å². The van der Waals surface area contributed by atoms with Crippen LogP contribution in [0, 0.1) is 19.7 Å². The summed E-state index contributed by atoms with van der Waals surface area (Å²) in [5, 5.41) is 7.83. The topological polar surface area (TPSA) is 68.9 Å². The zero-order valence-electron chi connectivity index (χ0n) is 18.9. The highest BCUT2D eigenvalue weighted by molar-refractivity contribution is 5.95. The third-order valence-electron chi connectivity index (χ3n) is 5.98. The molecule has 2 aliphatic rings. The number of hydrogen-bond acceptors (Lipinski definition) is 3. The van der Waals surface area contributed by atoms with E-state index in [4.69, 9.17) is 0 Å². The maximum Gasteiger partial charge on any atom is 0.278 e. The zero-order chi connectivity index (χ0) is 23.8.